The molecule has 0 aromatic rings. The second kappa shape index (κ2) is 5.51. The first-order valence-corrected chi connectivity index (χ1v) is 4.99. The SMILES string of the molecule is [CH2-]C.[CH2-]N1CC[C@]2(CC[C@H]2C)C1.[W+2]. The van der Waals surface area contributed by atoms with E-state index in [4.69, 9.17) is 0 Å². The minimum atomic E-state index is 0. The Morgan fingerprint density at radius 3 is 2.08 bits per heavy atom. The number of hydrogen-bond donors (Lipinski definition) is 0. The van der Waals surface area contributed by atoms with Crippen molar-refractivity contribution in [2.45, 2.75) is 33.1 Å². The molecule has 0 N–H and O–H groups in total. The summed E-state index contributed by atoms with van der Waals surface area (Å²) >= 11 is 0. The molecule has 1 spiro atoms. The van der Waals surface area contributed by atoms with Crippen LogP contribution in [0.25, 0.3) is 0 Å². The molecule has 1 aliphatic heterocycles. The molecule has 0 amide bonds. The van der Waals surface area contributed by atoms with Crippen molar-refractivity contribution >= 4 is 0 Å². The van der Waals surface area contributed by atoms with Gasteiger partial charge in [0, 0.05) is 0 Å². The Bertz CT molecular complexity index is 149. The minimum absolute atomic E-state index is 0. The van der Waals surface area contributed by atoms with Crippen LogP contribution in [0.4, 0.5) is 0 Å². The fraction of sp³-hybridized carbons (Fsp3) is 0.818. The van der Waals surface area contributed by atoms with Crippen LogP contribution < -0.4 is 0 Å². The van der Waals surface area contributed by atoms with Crippen molar-refractivity contribution in [3.8, 4) is 0 Å². The molecule has 0 bridgehead atoms. The van der Waals surface area contributed by atoms with Gasteiger partial charge in [-0.15, -0.1) is 0 Å². The summed E-state index contributed by atoms with van der Waals surface area (Å²) < 4.78 is 0. The van der Waals surface area contributed by atoms with Gasteiger partial charge < -0.3 is 11.8 Å². The topological polar surface area (TPSA) is 3.24 Å². The Balaban J connectivity index is 0.000000451. The molecule has 2 rings (SSSR count). The molecule has 1 aliphatic carbocycles. The summed E-state index contributed by atoms with van der Waals surface area (Å²) in [5, 5.41) is 0. The van der Waals surface area contributed by atoms with Crippen LogP contribution in [0.3, 0.4) is 0 Å². The van der Waals surface area contributed by atoms with Crippen molar-refractivity contribution in [3.63, 3.8) is 0 Å². The van der Waals surface area contributed by atoms with Crippen LogP contribution in [0.2, 0.25) is 0 Å². The maximum absolute atomic E-state index is 3.98. The summed E-state index contributed by atoms with van der Waals surface area (Å²) in [6, 6.07) is 0. The zero-order valence-electron chi connectivity index (χ0n) is 8.88. The van der Waals surface area contributed by atoms with Crippen LogP contribution in [-0.2, 0) is 21.1 Å². The first kappa shape index (κ1) is 13.6. The number of likely N-dealkylation sites (tertiary alicyclic amines) is 1. The van der Waals surface area contributed by atoms with E-state index < -0.39 is 0 Å². The Morgan fingerprint density at radius 2 is 1.92 bits per heavy atom. The zero-order chi connectivity index (χ0) is 9.19. The van der Waals surface area contributed by atoms with Gasteiger partial charge in [0.25, 0.3) is 0 Å². The van der Waals surface area contributed by atoms with Crippen molar-refractivity contribution in [2.24, 2.45) is 11.3 Å². The number of rotatable bonds is 0. The van der Waals surface area contributed by atoms with Gasteiger partial charge in [0.1, 0.15) is 0 Å². The average molecular weight is 351 g/mol. The Labute approximate surface area is 97.5 Å². The van der Waals surface area contributed by atoms with E-state index in [0.717, 1.165) is 5.92 Å². The van der Waals surface area contributed by atoms with E-state index in [2.05, 4.69) is 25.8 Å². The molecule has 2 aliphatic rings. The molecule has 2 atom stereocenters. The van der Waals surface area contributed by atoms with Crippen molar-refractivity contribution < 1.29 is 21.1 Å². The molecule has 1 heterocycles. The first-order chi connectivity index (χ1) is 5.73. The molecular formula is C11H21NW. The molecule has 0 aromatic heterocycles. The molecule has 1 saturated carbocycles. The predicted octanol–water partition coefficient (Wildman–Crippen LogP) is 2.74. The zero-order valence-corrected chi connectivity index (χ0v) is 11.8. The van der Waals surface area contributed by atoms with E-state index >= 15 is 0 Å². The smallest absolute Gasteiger partial charge is 0.459 e. The number of hydrogen-bond acceptors (Lipinski definition) is 1. The normalized spacial score (nSPS) is 37.4. The molecule has 2 heteroatoms. The van der Waals surface area contributed by atoms with Gasteiger partial charge in [0.05, 0.1) is 0 Å². The van der Waals surface area contributed by atoms with Gasteiger partial charge in [-0.25, -0.2) is 0 Å². The molecule has 1 saturated heterocycles. The van der Waals surface area contributed by atoms with Crippen molar-refractivity contribution in [1.82, 2.24) is 4.90 Å². The van der Waals surface area contributed by atoms with Crippen molar-refractivity contribution in [2.75, 3.05) is 13.1 Å². The maximum atomic E-state index is 3.98. The summed E-state index contributed by atoms with van der Waals surface area (Å²) in [5.41, 5.74) is 0.710. The quantitative estimate of drug-likeness (QED) is 0.607. The standard InChI is InChI=1S/C9H16N.C2H5.W/c1-8-3-4-9(8)5-6-10(2)7-9;1-2;/h8H,2-7H2,1H3;1H2,2H3;/q2*-1;+2/t8-,9-;;/m1../s1. The Kier molecular flexibility index (Phi) is 5.78. The van der Waals surface area contributed by atoms with E-state index in [9.17, 15) is 0 Å². The summed E-state index contributed by atoms with van der Waals surface area (Å²) in [6.45, 7) is 9.88. The van der Waals surface area contributed by atoms with Crippen LogP contribution in [-0.4, -0.2) is 18.0 Å². The molecule has 0 aromatic carbocycles. The molecule has 76 valence electrons. The third-order valence-corrected chi connectivity index (χ3v) is 3.59. The van der Waals surface area contributed by atoms with Gasteiger partial charge in [-0.3, -0.25) is 7.05 Å². The van der Waals surface area contributed by atoms with E-state index in [0.29, 0.717) is 5.41 Å². The largest absolute Gasteiger partial charge is 2.00 e. The van der Waals surface area contributed by atoms with Gasteiger partial charge in [-0.05, 0) is 43.7 Å². The second-order valence-electron chi connectivity index (χ2n) is 4.10. The van der Waals surface area contributed by atoms with E-state index in [-0.39, 0.29) is 21.1 Å². The fourth-order valence-electron chi connectivity index (χ4n) is 2.43. The van der Waals surface area contributed by atoms with Crippen LogP contribution >= 0.6 is 0 Å². The summed E-state index contributed by atoms with van der Waals surface area (Å²) in [7, 11) is 3.98. The van der Waals surface area contributed by atoms with Gasteiger partial charge in [0.2, 0.25) is 0 Å². The Morgan fingerprint density at radius 1 is 1.31 bits per heavy atom. The summed E-state index contributed by atoms with van der Waals surface area (Å²) in [6.07, 6.45) is 4.31. The summed E-state index contributed by atoms with van der Waals surface area (Å²) in [4.78, 5) is 2.23. The molecule has 2 fully saturated rings. The Hall–Kier alpha value is 0.648. The predicted molar refractivity (Wildman–Crippen MR) is 53.4 cm³/mol. The second-order valence-corrected chi connectivity index (χ2v) is 4.10. The first-order valence-electron chi connectivity index (χ1n) is 4.99. The number of nitrogens with zero attached hydrogens (tertiary/aromatic N) is 1. The minimum Gasteiger partial charge on any atom is -0.459 e. The molecular weight excluding hydrogens is 330 g/mol. The maximum Gasteiger partial charge on any atom is 2.00 e. The van der Waals surface area contributed by atoms with Gasteiger partial charge in [-0.1, -0.05) is 6.92 Å². The van der Waals surface area contributed by atoms with Crippen LogP contribution in [0.15, 0.2) is 0 Å². The van der Waals surface area contributed by atoms with E-state index in [1.165, 1.54) is 32.4 Å². The van der Waals surface area contributed by atoms with Crippen LogP contribution in [0.1, 0.15) is 33.1 Å². The fourth-order valence-corrected chi connectivity index (χ4v) is 2.43. The third-order valence-electron chi connectivity index (χ3n) is 3.59. The van der Waals surface area contributed by atoms with Crippen molar-refractivity contribution in [3.05, 3.63) is 14.0 Å². The van der Waals surface area contributed by atoms with Gasteiger partial charge >= 0.3 is 21.1 Å². The van der Waals surface area contributed by atoms with Gasteiger partial charge in [0.15, 0.2) is 0 Å². The third kappa shape index (κ3) is 2.56. The molecule has 1 nitrogen and oxygen atoms in total. The molecule has 0 unspecified atom stereocenters. The van der Waals surface area contributed by atoms with Gasteiger partial charge in [-0.2, -0.15) is 6.92 Å². The molecule has 13 heavy (non-hydrogen) atoms. The molecule has 0 radical (unpaired) electrons. The van der Waals surface area contributed by atoms with Crippen LogP contribution in [0, 0.1) is 25.3 Å². The van der Waals surface area contributed by atoms with E-state index in [1.54, 1.807) is 6.92 Å². The van der Waals surface area contributed by atoms with Crippen LogP contribution in [0.5, 0.6) is 0 Å². The summed E-state index contributed by atoms with van der Waals surface area (Å²) in [5.74, 6) is 0.972. The van der Waals surface area contributed by atoms with Crippen molar-refractivity contribution in [1.29, 1.82) is 0 Å². The monoisotopic (exact) mass is 351 g/mol. The van der Waals surface area contributed by atoms with E-state index in [1.807, 2.05) is 0 Å². The average Bonchev–Trinajstić information content (AvgIpc) is 2.51.